The van der Waals surface area contributed by atoms with Crippen molar-refractivity contribution in [2.24, 2.45) is 0 Å². The van der Waals surface area contributed by atoms with Gasteiger partial charge in [-0.05, 0) is 37.3 Å². The molecule has 148 valence electrons. The van der Waals surface area contributed by atoms with Gasteiger partial charge in [-0.15, -0.1) is 0 Å². The molecule has 3 aromatic rings. The third-order valence-corrected chi connectivity index (χ3v) is 5.43. The number of benzene rings is 3. The van der Waals surface area contributed by atoms with Crippen LogP contribution in [-0.4, -0.2) is 19.2 Å². The number of nitro groups is 1. The molecule has 9 heteroatoms. The van der Waals surface area contributed by atoms with E-state index in [9.17, 15) is 23.3 Å². The van der Waals surface area contributed by atoms with Gasteiger partial charge in [-0.1, -0.05) is 35.9 Å². The summed E-state index contributed by atoms with van der Waals surface area (Å²) in [5, 5.41) is 13.6. The number of hydrogen-bond acceptors (Lipinski definition) is 5. The third-order valence-electron chi connectivity index (χ3n) is 4.06. The molecule has 0 saturated carbocycles. The highest BCUT2D eigenvalue weighted by molar-refractivity contribution is 7.92. The molecule has 0 saturated heterocycles. The number of amides is 1. The zero-order valence-electron chi connectivity index (χ0n) is 15.3. The van der Waals surface area contributed by atoms with E-state index in [1.165, 1.54) is 30.3 Å². The summed E-state index contributed by atoms with van der Waals surface area (Å²) in [6.45, 7) is 1.92. The molecule has 0 bridgehead atoms. The molecule has 0 atom stereocenters. The highest BCUT2D eigenvalue weighted by atomic mass is 32.2. The van der Waals surface area contributed by atoms with Crippen molar-refractivity contribution in [3.8, 4) is 0 Å². The standard InChI is InChI=1S/C20H17N3O5S/c1-14-9-11-15(12-10-14)21-20(24)18-7-2-3-8-19(18)22-29(27,28)17-6-4-5-16(13-17)23(25)26/h2-13,22H,1H3,(H,21,24). The van der Waals surface area contributed by atoms with E-state index >= 15 is 0 Å². The Hall–Kier alpha value is -3.72. The summed E-state index contributed by atoms with van der Waals surface area (Å²) in [4.78, 5) is 22.6. The number of nitrogens with zero attached hydrogens (tertiary/aromatic N) is 1. The Morgan fingerprint density at radius 2 is 1.66 bits per heavy atom. The first-order valence-electron chi connectivity index (χ1n) is 8.50. The molecule has 29 heavy (non-hydrogen) atoms. The lowest BCUT2D eigenvalue weighted by Crippen LogP contribution is -2.18. The molecule has 0 aliphatic rings. The topological polar surface area (TPSA) is 118 Å². The van der Waals surface area contributed by atoms with Gasteiger partial charge in [0, 0.05) is 17.8 Å². The molecule has 8 nitrogen and oxygen atoms in total. The normalized spacial score (nSPS) is 10.9. The van der Waals surface area contributed by atoms with Crippen molar-refractivity contribution >= 4 is 33.0 Å². The van der Waals surface area contributed by atoms with Crippen LogP contribution in [0.2, 0.25) is 0 Å². The first-order chi connectivity index (χ1) is 13.8. The van der Waals surface area contributed by atoms with Gasteiger partial charge in [0.2, 0.25) is 0 Å². The van der Waals surface area contributed by atoms with E-state index in [0.29, 0.717) is 5.69 Å². The molecule has 0 radical (unpaired) electrons. The summed E-state index contributed by atoms with van der Waals surface area (Å²) in [5.41, 5.74) is 1.43. The molecule has 0 aliphatic heterocycles. The van der Waals surface area contributed by atoms with Gasteiger partial charge in [0.25, 0.3) is 21.6 Å². The fraction of sp³-hybridized carbons (Fsp3) is 0.0500. The van der Waals surface area contributed by atoms with Gasteiger partial charge in [0.05, 0.1) is 21.1 Å². The fourth-order valence-corrected chi connectivity index (χ4v) is 3.69. The van der Waals surface area contributed by atoms with E-state index in [1.807, 2.05) is 19.1 Å². The number of hydrogen-bond donors (Lipinski definition) is 2. The SMILES string of the molecule is Cc1ccc(NC(=O)c2ccccc2NS(=O)(=O)c2cccc([N+](=O)[O-])c2)cc1. The molecular formula is C20H17N3O5S. The molecule has 3 aromatic carbocycles. The van der Waals surface area contributed by atoms with Crippen LogP contribution in [0, 0.1) is 17.0 Å². The van der Waals surface area contributed by atoms with E-state index < -0.39 is 20.9 Å². The number of anilines is 2. The van der Waals surface area contributed by atoms with Gasteiger partial charge in [0.15, 0.2) is 0 Å². The van der Waals surface area contributed by atoms with Crippen molar-refractivity contribution < 1.29 is 18.1 Å². The van der Waals surface area contributed by atoms with Crippen molar-refractivity contribution in [2.45, 2.75) is 11.8 Å². The summed E-state index contributed by atoms with van der Waals surface area (Å²) < 4.78 is 27.7. The van der Waals surface area contributed by atoms with Crippen LogP contribution in [0.5, 0.6) is 0 Å². The molecule has 3 rings (SSSR count). The minimum atomic E-state index is -4.14. The Kier molecular flexibility index (Phi) is 5.60. The summed E-state index contributed by atoms with van der Waals surface area (Å²) in [6.07, 6.45) is 0. The number of carbonyl (C=O) groups is 1. The van der Waals surface area contributed by atoms with Crippen LogP contribution in [0.4, 0.5) is 17.1 Å². The number of rotatable bonds is 6. The molecule has 1 amide bonds. The van der Waals surface area contributed by atoms with Crippen LogP contribution in [-0.2, 0) is 10.0 Å². The number of non-ortho nitro benzene ring substituents is 1. The van der Waals surface area contributed by atoms with Gasteiger partial charge in [-0.25, -0.2) is 8.42 Å². The van der Waals surface area contributed by atoms with Crippen LogP contribution in [0.15, 0.2) is 77.7 Å². The number of carbonyl (C=O) groups excluding carboxylic acids is 1. The largest absolute Gasteiger partial charge is 0.322 e. The Balaban J connectivity index is 1.88. The first-order valence-corrected chi connectivity index (χ1v) is 9.99. The zero-order valence-corrected chi connectivity index (χ0v) is 16.1. The van der Waals surface area contributed by atoms with Gasteiger partial charge in [-0.3, -0.25) is 19.6 Å². The molecule has 2 N–H and O–H groups in total. The maximum absolute atomic E-state index is 12.7. The van der Waals surface area contributed by atoms with Gasteiger partial charge >= 0.3 is 0 Å². The summed E-state index contributed by atoms with van der Waals surface area (Å²) >= 11 is 0. The van der Waals surface area contributed by atoms with Crippen molar-refractivity contribution in [2.75, 3.05) is 10.0 Å². The average molecular weight is 411 g/mol. The first kappa shape index (κ1) is 20.0. The maximum atomic E-state index is 12.7. The second-order valence-electron chi connectivity index (χ2n) is 6.23. The Morgan fingerprint density at radius 1 is 0.966 bits per heavy atom. The van der Waals surface area contributed by atoms with Crippen LogP contribution in [0.25, 0.3) is 0 Å². The predicted octanol–water partition coefficient (Wildman–Crippen LogP) is 3.96. The molecule has 0 unspecified atom stereocenters. The van der Waals surface area contributed by atoms with Gasteiger partial charge in [-0.2, -0.15) is 0 Å². The van der Waals surface area contributed by atoms with E-state index in [0.717, 1.165) is 11.6 Å². The number of para-hydroxylation sites is 1. The van der Waals surface area contributed by atoms with Crippen molar-refractivity contribution in [1.29, 1.82) is 0 Å². The number of nitrogens with one attached hydrogen (secondary N) is 2. The highest BCUT2D eigenvalue weighted by Crippen LogP contribution is 2.23. The van der Waals surface area contributed by atoms with Gasteiger partial charge in [0.1, 0.15) is 0 Å². The molecule has 0 aromatic heterocycles. The summed E-state index contributed by atoms with van der Waals surface area (Å²) in [7, 11) is -4.14. The van der Waals surface area contributed by atoms with Crippen LogP contribution >= 0.6 is 0 Å². The Bertz CT molecular complexity index is 1170. The van der Waals surface area contributed by atoms with E-state index in [1.54, 1.807) is 24.3 Å². The van der Waals surface area contributed by atoms with Gasteiger partial charge < -0.3 is 5.32 Å². The number of nitro benzene ring substituents is 1. The minimum Gasteiger partial charge on any atom is -0.322 e. The fourth-order valence-electron chi connectivity index (χ4n) is 2.57. The lowest BCUT2D eigenvalue weighted by molar-refractivity contribution is -0.385. The second-order valence-corrected chi connectivity index (χ2v) is 7.91. The zero-order chi connectivity index (χ0) is 21.0. The van der Waals surface area contributed by atoms with Crippen LogP contribution < -0.4 is 10.0 Å². The quantitative estimate of drug-likeness (QED) is 0.470. The molecule has 0 spiro atoms. The molecule has 0 aliphatic carbocycles. The third kappa shape index (κ3) is 4.77. The Morgan fingerprint density at radius 3 is 2.34 bits per heavy atom. The molecule has 0 fully saturated rings. The summed E-state index contributed by atoms with van der Waals surface area (Å²) in [5.74, 6) is -0.494. The minimum absolute atomic E-state index is 0.0589. The van der Waals surface area contributed by atoms with E-state index in [4.69, 9.17) is 0 Å². The van der Waals surface area contributed by atoms with E-state index in [-0.39, 0.29) is 21.8 Å². The van der Waals surface area contributed by atoms with Crippen molar-refractivity contribution in [1.82, 2.24) is 0 Å². The highest BCUT2D eigenvalue weighted by Gasteiger charge is 2.20. The summed E-state index contributed by atoms with van der Waals surface area (Å²) in [6, 6.07) is 17.9. The average Bonchev–Trinajstić information content (AvgIpc) is 2.70. The van der Waals surface area contributed by atoms with Crippen molar-refractivity contribution in [3.63, 3.8) is 0 Å². The van der Waals surface area contributed by atoms with E-state index in [2.05, 4.69) is 10.0 Å². The predicted molar refractivity (Wildman–Crippen MR) is 109 cm³/mol. The van der Waals surface area contributed by atoms with Crippen LogP contribution in [0.1, 0.15) is 15.9 Å². The monoisotopic (exact) mass is 411 g/mol. The van der Waals surface area contributed by atoms with Crippen LogP contribution in [0.3, 0.4) is 0 Å². The smallest absolute Gasteiger partial charge is 0.270 e. The number of sulfonamides is 1. The lowest BCUT2D eigenvalue weighted by atomic mass is 10.1. The second kappa shape index (κ2) is 8.11. The number of aryl methyl sites for hydroxylation is 1. The Labute approximate surface area is 167 Å². The maximum Gasteiger partial charge on any atom is 0.270 e. The molecule has 0 heterocycles. The lowest BCUT2D eigenvalue weighted by Gasteiger charge is -2.13. The molecular weight excluding hydrogens is 394 g/mol. The van der Waals surface area contributed by atoms with Crippen molar-refractivity contribution in [3.05, 3.63) is 94.0 Å².